The lowest BCUT2D eigenvalue weighted by Crippen LogP contribution is -2.62. The zero-order valence-electron chi connectivity index (χ0n) is 17.5. The van der Waals surface area contributed by atoms with Crippen LogP contribution >= 0.6 is 0 Å². The van der Waals surface area contributed by atoms with Gasteiger partial charge in [0.1, 0.15) is 12.1 Å². The molecule has 4 atom stereocenters. The molecule has 3 aliphatic rings. The summed E-state index contributed by atoms with van der Waals surface area (Å²) >= 11 is 0. The van der Waals surface area contributed by atoms with Crippen LogP contribution in [0.1, 0.15) is 32.1 Å². The molecule has 8 heteroatoms. The third-order valence-corrected chi connectivity index (χ3v) is 6.56. The molecule has 5 rings (SSSR count). The van der Waals surface area contributed by atoms with E-state index in [9.17, 15) is 9.59 Å². The van der Waals surface area contributed by atoms with Gasteiger partial charge in [0.15, 0.2) is 0 Å². The molecule has 1 aromatic carbocycles. The molecule has 0 spiro atoms. The molecule has 3 N–H and O–H groups in total. The number of ether oxygens (including phenoxy) is 1. The Kier molecular flexibility index (Phi) is 5.85. The van der Waals surface area contributed by atoms with Crippen molar-refractivity contribution in [2.24, 2.45) is 5.92 Å². The predicted octanol–water partition coefficient (Wildman–Crippen LogP) is 1.83. The molecule has 2 aliphatic heterocycles. The van der Waals surface area contributed by atoms with Gasteiger partial charge in [0.25, 0.3) is 0 Å². The van der Waals surface area contributed by atoms with Crippen molar-refractivity contribution in [2.75, 3.05) is 25.0 Å². The number of benzene rings is 1. The largest absolute Gasteiger partial charge is 0.378 e. The van der Waals surface area contributed by atoms with Crippen molar-refractivity contribution < 1.29 is 14.3 Å². The normalized spacial score (nSPS) is 28.1. The Morgan fingerprint density at radius 1 is 1.23 bits per heavy atom. The van der Waals surface area contributed by atoms with Crippen LogP contribution in [0.25, 0.3) is 10.9 Å². The molecule has 3 fully saturated rings. The topological polar surface area (TPSA) is 95.6 Å². The lowest BCUT2D eigenvalue weighted by molar-refractivity contribution is -0.119. The number of hydrogen-bond donors (Lipinski definition) is 3. The number of fused-ring (bicyclic) bond motifs is 3. The van der Waals surface area contributed by atoms with Crippen molar-refractivity contribution in [3.63, 3.8) is 0 Å². The standard InChI is InChI=1S/C23H29N5O3/c29-21(26-20-10-8-15-4-1-2-5-18(15)24-20)6-3-11-31-17-9-7-16-13-28-14-22(30)27-23(28)25-19(16)12-17/h1-2,4-5,8,10,16-17,19,23,25H,3,6-7,9,11-14H2,(H,27,30)(H,24,26,29). The van der Waals surface area contributed by atoms with Crippen molar-refractivity contribution in [3.05, 3.63) is 36.4 Å². The fourth-order valence-corrected chi connectivity index (χ4v) is 4.98. The van der Waals surface area contributed by atoms with E-state index in [1.54, 1.807) is 0 Å². The minimum absolute atomic E-state index is 0.0279. The molecule has 2 amide bonds. The summed E-state index contributed by atoms with van der Waals surface area (Å²) in [6.07, 6.45) is 4.38. The van der Waals surface area contributed by atoms with Crippen molar-refractivity contribution in [1.82, 2.24) is 20.5 Å². The highest BCUT2D eigenvalue weighted by molar-refractivity contribution is 5.91. The zero-order valence-corrected chi connectivity index (χ0v) is 17.5. The molecule has 1 saturated carbocycles. The van der Waals surface area contributed by atoms with Crippen LogP contribution in [0, 0.1) is 5.92 Å². The maximum atomic E-state index is 12.3. The van der Waals surface area contributed by atoms with Crippen LogP contribution in [0.4, 0.5) is 5.82 Å². The van der Waals surface area contributed by atoms with Crippen LogP contribution in [0.2, 0.25) is 0 Å². The number of anilines is 1. The number of pyridine rings is 1. The van der Waals surface area contributed by atoms with Crippen molar-refractivity contribution >= 4 is 28.5 Å². The molecule has 2 saturated heterocycles. The Morgan fingerprint density at radius 2 is 2.13 bits per heavy atom. The Balaban J connectivity index is 1.03. The smallest absolute Gasteiger partial charge is 0.236 e. The van der Waals surface area contributed by atoms with Crippen LogP contribution in [0.3, 0.4) is 0 Å². The summed E-state index contributed by atoms with van der Waals surface area (Å²) in [5.74, 6) is 1.21. The van der Waals surface area contributed by atoms with Gasteiger partial charge in [-0.05, 0) is 49.8 Å². The van der Waals surface area contributed by atoms with Crippen molar-refractivity contribution in [2.45, 2.75) is 50.5 Å². The Bertz CT molecular complexity index is 967. The molecular weight excluding hydrogens is 394 g/mol. The second-order valence-corrected chi connectivity index (χ2v) is 8.78. The molecule has 0 bridgehead atoms. The molecule has 3 heterocycles. The van der Waals surface area contributed by atoms with Gasteiger partial charge in [0, 0.05) is 31.0 Å². The van der Waals surface area contributed by atoms with E-state index in [2.05, 4.69) is 25.8 Å². The van der Waals surface area contributed by atoms with Gasteiger partial charge >= 0.3 is 0 Å². The third kappa shape index (κ3) is 4.71. The molecule has 0 radical (unpaired) electrons. The number of amides is 2. The van der Waals surface area contributed by atoms with Gasteiger partial charge in [0.2, 0.25) is 11.8 Å². The van der Waals surface area contributed by atoms with Crippen LogP contribution in [0.15, 0.2) is 36.4 Å². The first kappa shape index (κ1) is 20.4. The predicted molar refractivity (Wildman–Crippen MR) is 117 cm³/mol. The molecule has 31 heavy (non-hydrogen) atoms. The van der Waals surface area contributed by atoms with E-state index in [0.717, 1.165) is 36.7 Å². The highest BCUT2D eigenvalue weighted by atomic mass is 16.5. The van der Waals surface area contributed by atoms with Gasteiger partial charge in [-0.3, -0.25) is 19.8 Å². The number of carbonyl (C=O) groups excluding carboxylic acids is 2. The van der Waals surface area contributed by atoms with Crippen LogP contribution < -0.4 is 16.0 Å². The summed E-state index contributed by atoms with van der Waals surface area (Å²) in [5, 5.41) is 10.5. The number of nitrogens with zero attached hydrogens (tertiary/aromatic N) is 2. The minimum atomic E-state index is -0.0406. The lowest BCUT2D eigenvalue weighted by atomic mass is 9.81. The maximum absolute atomic E-state index is 12.3. The fraction of sp³-hybridized carbons (Fsp3) is 0.522. The number of carbonyl (C=O) groups is 2. The lowest BCUT2D eigenvalue weighted by Gasteiger charge is -2.45. The number of para-hydroxylation sites is 1. The van der Waals surface area contributed by atoms with E-state index in [0.29, 0.717) is 43.8 Å². The molecule has 1 aromatic heterocycles. The highest BCUT2D eigenvalue weighted by Gasteiger charge is 2.42. The van der Waals surface area contributed by atoms with E-state index >= 15 is 0 Å². The number of aromatic nitrogens is 1. The summed E-state index contributed by atoms with van der Waals surface area (Å²) < 4.78 is 6.09. The first-order chi connectivity index (χ1) is 15.1. The zero-order chi connectivity index (χ0) is 21.2. The second kappa shape index (κ2) is 8.90. The molecule has 4 unspecified atom stereocenters. The van der Waals surface area contributed by atoms with Gasteiger partial charge in [-0.25, -0.2) is 4.98 Å². The molecule has 1 aliphatic carbocycles. The van der Waals surface area contributed by atoms with Gasteiger partial charge in [-0.1, -0.05) is 18.2 Å². The summed E-state index contributed by atoms with van der Waals surface area (Å²) in [4.78, 5) is 30.6. The molecular formula is C23H29N5O3. The monoisotopic (exact) mass is 423 g/mol. The summed E-state index contributed by atoms with van der Waals surface area (Å²) in [7, 11) is 0. The van der Waals surface area contributed by atoms with Crippen molar-refractivity contribution in [1.29, 1.82) is 0 Å². The highest BCUT2D eigenvalue weighted by Crippen LogP contribution is 2.31. The molecule has 164 valence electrons. The van der Waals surface area contributed by atoms with Gasteiger partial charge in [-0.2, -0.15) is 0 Å². The van der Waals surface area contributed by atoms with E-state index in [1.807, 2.05) is 36.4 Å². The summed E-state index contributed by atoms with van der Waals surface area (Å²) in [6.45, 7) is 2.04. The van der Waals surface area contributed by atoms with Crippen LogP contribution in [0.5, 0.6) is 0 Å². The van der Waals surface area contributed by atoms with Crippen LogP contribution in [-0.2, 0) is 14.3 Å². The van der Waals surface area contributed by atoms with Crippen molar-refractivity contribution in [3.8, 4) is 0 Å². The molecule has 2 aromatic rings. The quantitative estimate of drug-likeness (QED) is 0.614. The number of hydrogen-bond acceptors (Lipinski definition) is 6. The Labute approximate surface area is 181 Å². The number of nitrogens with one attached hydrogen (secondary N) is 3. The molecule has 8 nitrogen and oxygen atoms in total. The van der Waals surface area contributed by atoms with Gasteiger partial charge in [0.05, 0.1) is 18.2 Å². The third-order valence-electron chi connectivity index (χ3n) is 6.56. The van der Waals surface area contributed by atoms with E-state index in [1.165, 1.54) is 0 Å². The maximum Gasteiger partial charge on any atom is 0.236 e. The Hall–Kier alpha value is -2.55. The first-order valence-electron chi connectivity index (χ1n) is 11.2. The van der Waals surface area contributed by atoms with Crippen LogP contribution in [-0.4, -0.2) is 59.8 Å². The number of rotatable bonds is 6. The van der Waals surface area contributed by atoms with E-state index < -0.39 is 0 Å². The van der Waals surface area contributed by atoms with E-state index in [4.69, 9.17) is 4.74 Å². The van der Waals surface area contributed by atoms with E-state index in [-0.39, 0.29) is 24.2 Å². The SMILES string of the molecule is O=C(CCCOC1CCC2CN3CC(=O)NC3NC2C1)Nc1ccc2ccccc2n1. The minimum Gasteiger partial charge on any atom is -0.378 e. The Morgan fingerprint density at radius 3 is 3.06 bits per heavy atom. The van der Waals surface area contributed by atoms with Gasteiger partial charge < -0.3 is 15.4 Å². The average Bonchev–Trinajstić information content (AvgIpc) is 3.13. The average molecular weight is 424 g/mol. The second-order valence-electron chi connectivity index (χ2n) is 8.78. The van der Waals surface area contributed by atoms with Gasteiger partial charge in [-0.15, -0.1) is 0 Å². The fourth-order valence-electron chi connectivity index (χ4n) is 4.98. The summed E-state index contributed by atoms with van der Waals surface area (Å²) in [5.41, 5.74) is 0.871. The first-order valence-corrected chi connectivity index (χ1v) is 11.2. The summed E-state index contributed by atoms with van der Waals surface area (Å²) in [6, 6.07) is 12.0.